The number of nitrogens with zero attached hydrogens (tertiary/aromatic N) is 1. The number of imide groups is 1. The Balaban J connectivity index is 3.09. The molecule has 1 aliphatic heterocycles. The molecular weight excluding hydrogens is 333 g/mol. The minimum absolute atomic E-state index is 0.102. The largest absolute Gasteiger partial charge is 0.523 e. The van der Waals surface area contributed by atoms with Gasteiger partial charge >= 0.3 is 19.6 Å². The van der Waals surface area contributed by atoms with Crippen LogP contribution in [-0.4, -0.2) is 61.9 Å². The topological polar surface area (TPSA) is 78.9 Å². The number of ether oxygens (including phenoxy) is 1. The summed E-state index contributed by atoms with van der Waals surface area (Å²) in [7, 11) is 0.416. The van der Waals surface area contributed by atoms with Gasteiger partial charge in [-0.25, -0.2) is 4.79 Å². The van der Waals surface area contributed by atoms with Crippen molar-refractivity contribution in [3.05, 3.63) is 0 Å². The maximum absolute atomic E-state index is 12.9. The third kappa shape index (κ3) is 3.54. The molecule has 0 saturated carbocycles. The van der Waals surface area contributed by atoms with E-state index in [0.717, 1.165) is 0 Å². The van der Waals surface area contributed by atoms with E-state index in [-0.39, 0.29) is 30.0 Å². The fraction of sp³-hybridized carbons (Fsp3) is 0.846. The second-order valence-electron chi connectivity index (χ2n) is 5.60. The normalized spacial score (nSPS) is 30.1. The van der Waals surface area contributed by atoms with E-state index >= 15 is 0 Å². The number of alkyl halides is 1. The maximum Gasteiger partial charge on any atom is 0.523 e. The molecule has 1 rings (SSSR count). The summed E-state index contributed by atoms with van der Waals surface area (Å²) >= 11 is 6.15. The number of amides is 2. The van der Waals surface area contributed by atoms with Crippen LogP contribution in [0.2, 0.25) is 0 Å². The van der Waals surface area contributed by atoms with Gasteiger partial charge in [-0.2, -0.15) is 9.28 Å². The van der Waals surface area contributed by atoms with Gasteiger partial charge in [0.2, 0.25) is 0 Å². The summed E-state index contributed by atoms with van der Waals surface area (Å²) in [6.45, 7) is 3.56. The predicted molar refractivity (Wildman–Crippen MR) is 81.9 cm³/mol. The van der Waals surface area contributed by atoms with E-state index in [2.05, 4.69) is 0 Å². The van der Waals surface area contributed by atoms with E-state index < -0.39 is 24.1 Å². The summed E-state index contributed by atoms with van der Waals surface area (Å²) in [4.78, 5) is 25.2. The maximum atomic E-state index is 12.9. The molecule has 7 nitrogen and oxygen atoms in total. The number of carbonyl (C=O) groups is 2. The molecule has 128 valence electrons. The lowest BCUT2D eigenvalue weighted by molar-refractivity contribution is -0.794. The molecule has 0 N–H and O–H groups in total. The van der Waals surface area contributed by atoms with Gasteiger partial charge in [0.05, 0.1) is 24.6 Å². The van der Waals surface area contributed by atoms with Gasteiger partial charge in [-0.15, -0.1) is 11.6 Å². The van der Waals surface area contributed by atoms with E-state index in [4.69, 9.17) is 25.4 Å². The lowest BCUT2D eigenvalue weighted by Gasteiger charge is -2.33. The second-order valence-corrected chi connectivity index (χ2v) is 8.54. The zero-order chi connectivity index (χ0) is 17.1. The van der Waals surface area contributed by atoms with Gasteiger partial charge in [0.25, 0.3) is 0 Å². The molecule has 3 unspecified atom stereocenters. The summed E-state index contributed by atoms with van der Waals surface area (Å²) < 4.78 is 26.3. The van der Waals surface area contributed by atoms with Gasteiger partial charge in [-0.05, 0) is 13.8 Å². The second kappa shape index (κ2) is 7.41. The van der Waals surface area contributed by atoms with Gasteiger partial charge in [-0.3, -0.25) is 4.57 Å². The molecule has 1 heterocycles. The minimum atomic E-state index is -3.35. The lowest BCUT2D eigenvalue weighted by atomic mass is 10.1. The van der Waals surface area contributed by atoms with Gasteiger partial charge < -0.3 is 13.8 Å². The molecule has 9 heteroatoms. The highest BCUT2D eigenvalue weighted by atomic mass is 35.5. The third-order valence-corrected chi connectivity index (χ3v) is 6.63. The molecule has 4 atom stereocenters. The van der Waals surface area contributed by atoms with Crippen molar-refractivity contribution in [3.63, 3.8) is 0 Å². The van der Waals surface area contributed by atoms with Crippen molar-refractivity contribution < 1.29 is 32.4 Å². The van der Waals surface area contributed by atoms with Crippen molar-refractivity contribution in [3.8, 4) is 0 Å². The Kier molecular flexibility index (Phi) is 6.59. The molecule has 0 spiro atoms. The Morgan fingerprint density at radius 2 is 1.86 bits per heavy atom. The first-order valence-electron chi connectivity index (χ1n) is 7.02. The Hall–Kier alpha value is -0.460. The molecule has 0 aromatic rings. The van der Waals surface area contributed by atoms with Crippen LogP contribution < -0.4 is 0 Å². The summed E-state index contributed by atoms with van der Waals surface area (Å²) in [5.41, 5.74) is 0. The van der Waals surface area contributed by atoms with Crippen LogP contribution in [0.4, 0.5) is 4.79 Å². The van der Waals surface area contributed by atoms with E-state index in [1.54, 1.807) is 13.8 Å². The summed E-state index contributed by atoms with van der Waals surface area (Å²) in [6, 6.07) is -0.297. The fourth-order valence-corrected chi connectivity index (χ4v) is 4.71. The molecule has 0 bridgehead atoms. The molecule has 1 aliphatic rings. The zero-order valence-electron chi connectivity index (χ0n) is 13.6. The summed E-state index contributed by atoms with van der Waals surface area (Å²) in [5.74, 6) is -1.08. The molecule has 0 aliphatic carbocycles. The van der Waals surface area contributed by atoms with Gasteiger partial charge in [0.15, 0.2) is 0 Å². The van der Waals surface area contributed by atoms with Crippen molar-refractivity contribution in [1.82, 2.24) is 0 Å². The summed E-state index contributed by atoms with van der Waals surface area (Å²) in [6.07, 6.45) is -0.214. The Bertz CT molecular complexity index is 479. The third-order valence-electron chi connectivity index (χ3n) is 4.20. The van der Waals surface area contributed by atoms with Gasteiger partial charge in [0, 0.05) is 20.6 Å². The first-order valence-corrected chi connectivity index (χ1v) is 9.18. The standard InChI is InChI=1S/C13H24ClNO6P/c1-9(8-22(18,20-4)21-5)12(16)15(13(17)19-3)7-11(14)6-10(15)2/h9-11H,6-8H2,1-5H3/q+1/t9?,10-,11?,15?/m1/s1. The van der Waals surface area contributed by atoms with Crippen molar-refractivity contribution in [2.24, 2.45) is 5.92 Å². The highest BCUT2D eigenvalue weighted by Crippen LogP contribution is 2.48. The number of hydrogen-bond donors (Lipinski definition) is 0. The van der Waals surface area contributed by atoms with E-state index in [1.165, 1.54) is 21.3 Å². The average Bonchev–Trinajstić information content (AvgIpc) is 2.80. The Morgan fingerprint density at radius 1 is 1.32 bits per heavy atom. The number of carbonyl (C=O) groups excluding carboxylic acids is 2. The molecule has 1 fully saturated rings. The molecular formula is C13H24ClNO6P+. The molecule has 1 saturated heterocycles. The molecule has 0 aromatic carbocycles. The Morgan fingerprint density at radius 3 is 2.23 bits per heavy atom. The average molecular weight is 357 g/mol. The molecule has 2 amide bonds. The number of halogens is 1. The minimum Gasteiger partial charge on any atom is -0.423 e. The number of rotatable bonds is 5. The van der Waals surface area contributed by atoms with Crippen LogP contribution in [0.1, 0.15) is 20.3 Å². The van der Waals surface area contributed by atoms with Gasteiger partial charge in [0.1, 0.15) is 12.6 Å². The fourth-order valence-electron chi connectivity index (χ4n) is 2.96. The van der Waals surface area contributed by atoms with E-state index in [9.17, 15) is 14.2 Å². The van der Waals surface area contributed by atoms with E-state index in [0.29, 0.717) is 6.42 Å². The van der Waals surface area contributed by atoms with Crippen LogP contribution in [-0.2, 0) is 23.1 Å². The van der Waals surface area contributed by atoms with Crippen molar-refractivity contribution in [2.75, 3.05) is 34.0 Å². The van der Waals surface area contributed by atoms with Gasteiger partial charge in [-0.1, -0.05) is 0 Å². The highest BCUT2D eigenvalue weighted by molar-refractivity contribution is 7.53. The van der Waals surface area contributed by atoms with Crippen LogP contribution in [0.15, 0.2) is 0 Å². The molecule has 0 radical (unpaired) electrons. The smallest absolute Gasteiger partial charge is 0.423 e. The van der Waals surface area contributed by atoms with Crippen LogP contribution >= 0.6 is 19.2 Å². The van der Waals surface area contributed by atoms with Crippen molar-refractivity contribution in [1.29, 1.82) is 0 Å². The quantitative estimate of drug-likeness (QED) is 0.428. The number of hydrogen-bond acceptors (Lipinski definition) is 6. The van der Waals surface area contributed by atoms with Crippen LogP contribution in [0.5, 0.6) is 0 Å². The first kappa shape index (κ1) is 19.6. The lowest BCUT2D eigenvalue weighted by Crippen LogP contribution is -2.61. The molecule has 22 heavy (non-hydrogen) atoms. The zero-order valence-corrected chi connectivity index (χ0v) is 15.2. The predicted octanol–water partition coefficient (Wildman–Crippen LogP) is 2.62. The monoisotopic (exact) mass is 356 g/mol. The first-order chi connectivity index (χ1) is 10.2. The van der Waals surface area contributed by atoms with Crippen LogP contribution in [0.3, 0.4) is 0 Å². The summed E-state index contributed by atoms with van der Waals surface area (Å²) in [5, 5.41) is -0.290. The molecule has 0 aromatic heterocycles. The van der Waals surface area contributed by atoms with E-state index in [1.807, 2.05) is 0 Å². The number of methoxy groups -OCH3 is 1. The van der Waals surface area contributed by atoms with Crippen molar-refractivity contribution in [2.45, 2.75) is 31.7 Å². The number of likely N-dealkylation sites (tertiary alicyclic amines) is 1. The SMILES string of the molecule is COC(=O)[N+]1(C(=O)C(C)CP(=O)(OC)OC)CC(Cl)C[C@H]1C. The van der Waals surface area contributed by atoms with Crippen LogP contribution in [0.25, 0.3) is 0 Å². The van der Waals surface area contributed by atoms with Crippen LogP contribution in [0, 0.1) is 5.92 Å². The highest BCUT2D eigenvalue weighted by Gasteiger charge is 2.58. The Labute approximate surface area is 136 Å². The number of quaternary nitrogens is 1. The van der Waals surface area contributed by atoms with Crippen molar-refractivity contribution >= 4 is 31.2 Å².